The molecule has 6 rings (SSSR count). The second kappa shape index (κ2) is 10.2. The number of imidazole rings is 1. The van der Waals surface area contributed by atoms with E-state index in [-0.39, 0.29) is 10.8 Å². The summed E-state index contributed by atoms with van der Waals surface area (Å²) in [5.41, 5.74) is -0.584. The van der Waals surface area contributed by atoms with Crippen molar-refractivity contribution in [2.24, 2.45) is 4.99 Å². The molecule has 0 aliphatic carbocycles. The third-order valence-electron chi connectivity index (χ3n) is 6.51. The fourth-order valence-corrected chi connectivity index (χ4v) is 6.66. The monoisotopic (exact) mass is 596 g/mol. The number of pyridine rings is 1. The van der Waals surface area contributed by atoms with Gasteiger partial charge in [-0.1, -0.05) is 17.8 Å². The number of fused-ring (bicyclic) bond motifs is 1. The maximum atomic E-state index is 15.5. The zero-order chi connectivity index (χ0) is 28.9. The molecule has 1 aliphatic rings. The molecule has 1 unspecified atom stereocenters. The second-order valence-electron chi connectivity index (χ2n) is 9.12. The molecule has 0 saturated carbocycles. The fraction of sp³-hybridized carbons (Fsp3) is 0.111. The number of halogens is 3. The number of aliphatic imine (C=N–C) groups is 1. The number of aromatic nitrogens is 4. The first-order chi connectivity index (χ1) is 19.6. The standard InChI is InChI=1S/C27H19F3N6O3S2/c1-14-31-7-8-36(14)27-34-13-22(40-27)15-9-18-19(12-33-26(18)32-11-15)25(37)23-20(29)5-6-21(24(23)30)35-41(38,39)17-4-2-3-16(28)10-17/h2-12,22,35H,13H2,1H3,(H,32,33). The molecule has 0 amide bonds. The predicted molar refractivity (Wildman–Crippen MR) is 148 cm³/mol. The van der Waals surface area contributed by atoms with Crippen LogP contribution in [0.25, 0.3) is 11.0 Å². The number of aryl methyl sites for hydroxylation is 1. The number of carbonyl (C=O) groups is 1. The highest BCUT2D eigenvalue weighted by atomic mass is 32.2. The Hall–Kier alpha value is -4.43. The molecule has 0 fully saturated rings. The smallest absolute Gasteiger partial charge is 0.262 e. The summed E-state index contributed by atoms with van der Waals surface area (Å²) < 4.78 is 73.2. The van der Waals surface area contributed by atoms with Gasteiger partial charge in [0.25, 0.3) is 10.0 Å². The van der Waals surface area contributed by atoms with Crippen molar-refractivity contribution < 1.29 is 26.4 Å². The molecule has 41 heavy (non-hydrogen) atoms. The van der Waals surface area contributed by atoms with Crippen molar-refractivity contribution in [2.45, 2.75) is 17.1 Å². The number of carbonyl (C=O) groups excluding carboxylic acids is 1. The summed E-state index contributed by atoms with van der Waals surface area (Å²) in [5.74, 6) is -3.63. The zero-order valence-electron chi connectivity index (χ0n) is 21.1. The molecule has 1 aliphatic heterocycles. The summed E-state index contributed by atoms with van der Waals surface area (Å²) in [6.07, 6.45) is 6.43. The topological polar surface area (TPSA) is 122 Å². The molecule has 4 heterocycles. The lowest BCUT2D eigenvalue weighted by Crippen LogP contribution is -2.16. The van der Waals surface area contributed by atoms with Crippen LogP contribution in [0.4, 0.5) is 18.9 Å². The van der Waals surface area contributed by atoms with Gasteiger partial charge in [0, 0.05) is 35.7 Å². The van der Waals surface area contributed by atoms with E-state index in [1.807, 2.05) is 22.4 Å². The highest BCUT2D eigenvalue weighted by Crippen LogP contribution is 2.37. The summed E-state index contributed by atoms with van der Waals surface area (Å²) in [6, 6.07) is 7.44. The Balaban J connectivity index is 1.31. The largest absolute Gasteiger partial charge is 0.345 e. The Bertz CT molecular complexity index is 1990. The van der Waals surface area contributed by atoms with Gasteiger partial charge in [-0.3, -0.25) is 19.1 Å². The maximum absolute atomic E-state index is 15.5. The van der Waals surface area contributed by atoms with E-state index in [0.717, 1.165) is 46.9 Å². The molecular weight excluding hydrogens is 577 g/mol. The molecule has 0 spiro atoms. The van der Waals surface area contributed by atoms with Crippen LogP contribution in [0.2, 0.25) is 0 Å². The van der Waals surface area contributed by atoms with Crippen LogP contribution < -0.4 is 4.72 Å². The molecule has 3 aromatic heterocycles. The Morgan fingerprint density at radius 2 is 1.98 bits per heavy atom. The van der Waals surface area contributed by atoms with E-state index in [4.69, 9.17) is 0 Å². The van der Waals surface area contributed by atoms with Gasteiger partial charge in [-0.2, -0.15) is 0 Å². The molecule has 0 bridgehead atoms. The number of thioether (sulfide) groups is 1. The molecule has 2 N–H and O–H groups in total. The molecule has 0 radical (unpaired) electrons. The molecule has 1 atom stereocenters. The third kappa shape index (κ3) is 4.89. The number of rotatable bonds is 6. The molecule has 0 saturated heterocycles. The first kappa shape index (κ1) is 26.8. The number of ketones is 1. The Kier molecular flexibility index (Phi) is 6.66. The van der Waals surface area contributed by atoms with E-state index in [1.165, 1.54) is 24.0 Å². The number of aromatic amines is 1. The molecular formula is C27H19F3N6O3S2. The Morgan fingerprint density at radius 1 is 1.15 bits per heavy atom. The lowest BCUT2D eigenvalue weighted by molar-refractivity contribution is 0.103. The Morgan fingerprint density at radius 3 is 2.73 bits per heavy atom. The minimum absolute atomic E-state index is 0.0492. The van der Waals surface area contributed by atoms with Gasteiger partial charge in [-0.15, -0.1) is 0 Å². The van der Waals surface area contributed by atoms with E-state index in [2.05, 4.69) is 19.9 Å². The van der Waals surface area contributed by atoms with E-state index < -0.39 is 49.4 Å². The molecule has 5 aromatic rings. The predicted octanol–water partition coefficient (Wildman–Crippen LogP) is 5.21. The summed E-state index contributed by atoms with van der Waals surface area (Å²) >= 11 is 1.50. The van der Waals surface area contributed by atoms with Crippen molar-refractivity contribution in [1.29, 1.82) is 0 Å². The first-order valence-electron chi connectivity index (χ1n) is 12.1. The molecule has 14 heteroatoms. The SMILES string of the molecule is Cc1nccn1C1=NCC(c2cnc3[nH]cc(C(=O)c4c(F)ccc(NS(=O)(=O)c5cccc(F)c5)c4F)c3c2)S1. The van der Waals surface area contributed by atoms with E-state index in [1.54, 1.807) is 18.5 Å². The van der Waals surface area contributed by atoms with Crippen molar-refractivity contribution in [3.63, 3.8) is 0 Å². The van der Waals surface area contributed by atoms with Gasteiger partial charge in [-0.25, -0.2) is 31.6 Å². The van der Waals surface area contributed by atoms with E-state index >= 15 is 4.39 Å². The van der Waals surface area contributed by atoms with Crippen molar-refractivity contribution in [1.82, 2.24) is 19.5 Å². The Labute approximate surface area is 235 Å². The highest BCUT2D eigenvalue weighted by Gasteiger charge is 2.28. The van der Waals surface area contributed by atoms with Crippen LogP contribution in [-0.2, 0) is 10.0 Å². The first-order valence-corrected chi connectivity index (χ1v) is 14.5. The lowest BCUT2D eigenvalue weighted by atomic mass is 10.0. The molecule has 9 nitrogen and oxygen atoms in total. The van der Waals surface area contributed by atoms with E-state index in [0.29, 0.717) is 17.6 Å². The number of hydrogen-bond acceptors (Lipinski definition) is 7. The van der Waals surface area contributed by atoms with Gasteiger partial charge in [0.2, 0.25) is 5.78 Å². The summed E-state index contributed by atoms with van der Waals surface area (Å²) in [6.45, 7) is 2.32. The van der Waals surface area contributed by atoms with Gasteiger partial charge < -0.3 is 4.98 Å². The third-order valence-corrected chi connectivity index (χ3v) is 9.11. The van der Waals surface area contributed by atoms with Crippen molar-refractivity contribution in [3.8, 4) is 0 Å². The quantitative estimate of drug-likeness (QED) is 0.260. The zero-order valence-corrected chi connectivity index (χ0v) is 22.7. The lowest BCUT2D eigenvalue weighted by Gasteiger charge is -2.12. The van der Waals surface area contributed by atoms with Crippen molar-refractivity contribution in [3.05, 3.63) is 107 Å². The van der Waals surface area contributed by atoms with Gasteiger partial charge in [0.05, 0.1) is 27.9 Å². The molecule has 208 valence electrons. The highest BCUT2D eigenvalue weighted by molar-refractivity contribution is 8.14. The number of sulfonamides is 1. The van der Waals surface area contributed by atoms with Crippen LogP contribution in [0.1, 0.15) is 32.6 Å². The van der Waals surface area contributed by atoms with Gasteiger partial charge in [0.15, 0.2) is 11.0 Å². The van der Waals surface area contributed by atoms with E-state index in [9.17, 15) is 22.0 Å². The van der Waals surface area contributed by atoms with Crippen LogP contribution in [0.5, 0.6) is 0 Å². The van der Waals surface area contributed by atoms with Gasteiger partial charge in [0.1, 0.15) is 23.1 Å². The minimum Gasteiger partial charge on any atom is -0.345 e. The minimum atomic E-state index is -4.44. The van der Waals surface area contributed by atoms with Crippen LogP contribution in [0.15, 0.2) is 77.1 Å². The van der Waals surface area contributed by atoms with Gasteiger partial charge >= 0.3 is 0 Å². The number of H-pyrrole nitrogens is 1. The van der Waals surface area contributed by atoms with Crippen LogP contribution in [-0.4, -0.2) is 45.4 Å². The summed E-state index contributed by atoms with van der Waals surface area (Å²) in [4.78, 5) is 29.0. The average Bonchev–Trinajstić information content (AvgIpc) is 3.69. The number of anilines is 1. The normalized spacial score (nSPS) is 15.3. The number of benzene rings is 2. The number of nitrogens with zero attached hydrogens (tertiary/aromatic N) is 4. The molecule has 2 aromatic carbocycles. The van der Waals surface area contributed by atoms with Crippen LogP contribution >= 0.6 is 11.8 Å². The summed E-state index contributed by atoms with van der Waals surface area (Å²) in [5, 5.41) is 0.984. The van der Waals surface area contributed by atoms with Crippen molar-refractivity contribution >= 4 is 49.5 Å². The number of hydrogen-bond donors (Lipinski definition) is 2. The van der Waals surface area contributed by atoms with Gasteiger partial charge in [-0.05, 0) is 48.9 Å². The second-order valence-corrected chi connectivity index (χ2v) is 12.0. The average molecular weight is 597 g/mol. The van der Waals surface area contributed by atoms with Crippen LogP contribution in [0.3, 0.4) is 0 Å². The fourth-order valence-electron chi connectivity index (χ4n) is 4.44. The van der Waals surface area contributed by atoms with Crippen LogP contribution in [0, 0.1) is 24.4 Å². The maximum Gasteiger partial charge on any atom is 0.262 e. The van der Waals surface area contributed by atoms with Crippen molar-refractivity contribution in [2.75, 3.05) is 11.3 Å². The summed E-state index contributed by atoms with van der Waals surface area (Å²) in [7, 11) is -4.44. The number of nitrogens with one attached hydrogen (secondary N) is 2.